The van der Waals surface area contributed by atoms with Crippen LogP contribution in [-0.2, 0) is 20.9 Å². The van der Waals surface area contributed by atoms with Crippen molar-refractivity contribution in [1.82, 2.24) is 9.88 Å². The van der Waals surface area contributed by atoms with Crippen molar-refractivity contribution in [3.05, 3.63) is 40.9 Å². The zero-order chi connectivity index (χ0) is 19.0. The van der Waals surface area contributed by atoms with E-state index in [2.05, 4.69) is 10.3 Å². The first kappa shape index (κ1) is 18.3. The third kappa shape index (κ3) is 3.68. The summed E-state index contributed by atoms with van der Waals surface area (Å²) >= 11 is 3.13. The molecule has 1 N–H and O–H groups in total. The number of aromatic nitrogens is 1. The molecule has 2 saturated heterocycles. The van der Waals surface area contributed by atoms with E-state index in [1.54, 1.807) is 16.7 Å². The Hall–Kier alpha value is -2.06. The maximum Gasteiger partial charge on any atom is 0.330 e. The number of esters is 1. The molecule has 2 fully saturated rings. The Bertz CT molecular complexity index is 867. The Morgan fingerprint density at radius 1 is 1.41 bits per heavy atom. The first-order chi connectivity index (χ1) is 12.9. The van der Waals surface area contributed by atoms with Crippen LogP contribution >= 0.6 is 23.1 Å². The molecule has 4 rings (SSSR count). The molecule has 1 aromatic carbocycles. The molecule has 2 aromatic rings. The summed E-state index contributed by atoms with van der Waals surface area (Å²) in [6.45, 7) is 4.19. The van der Waals surface area contributed by atoms with E-state index in [4.69, 9.17) is 4.74 Å². The van der Waals surface area contributed by atoms with Gasteiger partial charge in [0.1, 0.15) is 12.6 Å². The number of amides is 1. The molecule has 0 aliphatic carbocycles. The molecule has 27 heavy (non-hydrogen) atoms. The van der Waals surface area contributed by atoms with Gasteiger partial charge < -0.3 is 15.0 Å². The van der Waals surface area contributed by atoms with Crippen molar-refractivity contribution in [1.29, 1.82) is 0 Å². The average Bonchev–Trinajstić information content (AvgIpc) is 3.31. The number of hydrogen-bond acceptors (Lipinski definition) is 7. The Morgan fingerprint density at radius 2 is 2.19 bits per heavy atom. The highest BCUT2D eigenvalue weighted by atomic mass is 32.2. The van der Waals surface area contributed by atoms with Crippen LogP contribution in [0.3, 0.4) is 0 Å². The molecule has 0 bridgehead atoms. The minimum atomic E-state index is -0.487. The van der Waals surface area contributed by atoms with E-state index in [1.165, 1.54) is 16.9 Å². The van der Waals surface area contributed by atoms with Gasteiger partial charge in [0.05, 0.1) is 10.6 Å². The number of benzene rings is 1. The number of nitrogens with one attached hydrogen (secondary N) is 1. The monoisotopic (exact) mass is 403 g/mol. The molecule has 0 spiro atoms. The lowest BCUT2D eigenvalue weighted by molar-refractivity contribution is -0.154. The van der Waals surface area contributed by atoms with E-state index in [-0.39, 0.29) is 23.4 Å². The number of hydrogen-bond donors (Lipinski definition) is 1. The molecule has 6 nitrogen and oxygen atoms in total. The number of carbonyl (C=O) groups excluding carboxylic acids is 2. The molecule has 0 saturated carbocycles. The third-order valence-electron chi connectivity index (χ3n) is 4.93. The predicted molar refractivity (Wildman–Crippen MR) is 107 cm³/mol. The van der Waals surface area contributed by atoms with Gasteiger partial charge >= 0.3 is 5.97 Å². The normalized spacial score (nSPS) is 24.1. The summed E-state index contributed by atoms with van der Waals surface area (Å²) in [4.78, 5) is 30.6. The second-order valence-electron chi connectivity index (χ2n) is 7.01. The largest absolute Gasteiger partial charge is 0.458 e. The van der Waals surface area contributed by atoms with E-state index in [9.17, 15) is 9.59 Å². The average molecular weight is 404 g/mol. The number of fused-ring (bicyclic) bond motifs is 1. The van der Waals surface area contributed by atoms with Crippen LogP contribution < -0.4 is 5.32 Å². The molecule has 142 valence electrons. The van der Waals surface area contributed by atoms with E-state index in [1.807, 2.05) is 43.5 Å². The molecule has 0 unspecified atom stereocenters. The highest BCUT2D eigenvalue weighted by Gasteiger charge is 2.53. The molecule has 8 heteroatoms. The first-order valence-corrected chi connectivity index (χ1v) is 10.7. The van der Waals surface area contributed by atoms with Crippen molar-refractivity contribution < 1.29 is 14.3 Å². The zero-order valence-corrected chi connectivity index (χ0v) is 16.9. The molecule has 3 heterocycles. The first-order valence-electron chi connectivity index (χ1n) is 8.85. The molecular formula is C19H21N3O3S2. The Labute approximate surface area is 166 Å². The van der Waals surface area contributed by atoms with Gasteiger partial charge in [0, 0.05) is 23.2 Å². The Morgan fingerprint density at radius 3 is 2.96 bits per heavy atom. The van der Waals surface area contributed by atoms with Gasteiger partial charge in [0.15, 0.2) is 5.13 Å². The number of thiazole rings is 1. The number of ether oxygens (including phenoxy) is 1. The molecule has 1 aromatic heterocycles. The van der Waals surface area contributed by atoms with Gasteiger partial charge in [-0.25, -0.2) is 9.78 Å². The van der Waals surface area contributed by atoms with Crippen molar-refractivity contribution in [3.8, 4) is 0 Å². The fourth-order valence-corrected chi connectivity index (χ4v) is 5.56. The number of nitrogens with zero attached hydrogens (tertiary/aromatic N) is 2. The van der Waals surface area contributed by atoms with Gasteiger partial charge in [-0.15, -0.1) is 23.1 Å². The van der Waals surface area contributed by atoms with Gasteiger partial charge in [-0.2, -0.15) is 0 Å². The number of anilines is 2. The summed E-state index contributed by atoms with van der Waals surface area (Å²) in [5.41, 5.74) is 2.86. The molecule has 2 aliphatic heterocycles. The SMILES string of the molecule is Cc1ccc(Nc2nc(COC(=O)[C@@H]3CS[C@@]4(C)CCC(=O)N34)cs2)cc1. The van der Waals surface area contributed by atoms with Crippen LogP contribution in [0.1, 0.15) is 31.0 Å². The van der Waals surface area contributed by atoms with E-state index in [0.717, 1.165) is 17.2 Å². The quantitative estimate of drug-likeness (QED) is 0.768. The fourth-order valence-electron chi connectivity index (χ4n) is 3.43. The van der Waals surface area contributed by atoms with Crippen LogP contribution in [0.2, 0.25) is 0 Å². The van der Waals surface area contributed by atoms with Crippen LogP contribution in [0.25, 0.3) is 0 Å². The van der Waals surface area contributed by atoms with Crippen molar-refractivity contribution in [2.24, 2.45) is 0 Å². The summed E-state index contributed by atoms with van der Waals surface area (Å²) in [5, 5.41) is 5.87. The van der Waals surface area contributed by atoms with Crippen molar-refractivity contribution in [2.45, 2.75) is 44.2 Å². The van der Waals surface area contributed by atoms with Gasteiger partial charge in [0.25, 0.3) is 0 Å². The third-order valence-corrected chi connectivity index (χ3v) is 7.25. The van der Waals surface area contributed by atoms with Crippen LogP contribution in [0.15, 0.2) is 29.6 Å². The topological polar surface area (TPSA) is 71.5 Å². The van der Waals surface area contributed by atoms with Crippen LogP contribution in [0, 0.1) is 6.92 Å². The highest BCUT2D eigenvalue weighted by molar-refractivity contribution is 8.01. The highest BCUT2D eigenvalue weighted by Crippen LogP contribution is 2.47. The smallest absolute Gasteiger partial charge is 0.330 e. The molecule has 2 atom stereocenters. The number of rotatable bonds is 5. The van der Waals surface area contributed by atoms with Crippen LogP contribution in [0.4, 0.5) is 10.8 Å². The van der Waals surface area contributed by atoms with Crippen molar-refractivity contribution in [3.63, 3.8) is 0 Å². The van der Waals surface area contributed by atoms with Gasteiger partial charge in [-0.05, 0) is 32.4 Å². The zero-order valence-electron chi connectivity index (χ0n) is 15.2. The molecule has 1 amide bonds. The molecule has 0 radical (unpaired) electrons. The standard InChI is InChI=1S/C19H21N3O3S2/c1-12-3-5-13(6-4-12)20-18-21-14(10-26-18)9-25-17(24)15-11-27-19(2)8-7-16(23)22(15)19/h3-6,10,15H,7-9,11H2,1-2H3,(H,20,21)/t15-,19-/m0/s1. The minimum Gasteiger partial charge on any atom is -0.458 e. The van der Waals surface area contributed by atoms with E-state index < -0.39 is 6.04 Å². The lowest BCUT2D eigenvalue weighted by Gasteiger charge is -2.29. The van der Waals surface area contributed by atoms with E-state index in [0.29, 0.717) is 17.9 Å². The minimum absolute atomic E-state index is 0.0442. The Balaban J connectivity index is 1.34. The van der Waals surface area contributed by atoms with E-state index >= 15 is 0 Å². The number of carbonyl (C=O) groups is 2. The van der Waals surface area contributed by atoms with Crippen LogP contribution in [-0.4, -0.2) is 38.4 Å². The summed E-state index contributed by atoms with van der Waals surface area (Å²) in [6.07, 6.45) is 1.30. The summed E-state index contributed by atoms with van der Waals surface area (Å²) < 4.78 is 5.46. The summed E-state index contributed by atoms with van der Waals surface area (Å²) in [7, 11) is 0. The Kier molecular flexibility index (Phi) is 4.86. The van der Waals surface area contributed by atoms with Gasteiger partial charge in [-0.3, -0.25) is 4.79 Å². The lowest BCUT2D eigenvalue weighted by atomic mass is 10.2. The number of aryl methyl sites for hydroxylation is 1. The summed E-state index contributed by atoms with van der Waals surface area (Å²) in [5.74, 6) is 0.295. The fraction of sp³-hybridized carbons (Fsp3) is 0.421. The lowest BCUT2D eigenvalue weighted by Crippen LogP contribution is -2.46. The maximum absolute atomic E-state index is 12.5. The van der Waals surface area contributed by atoms with Gasteiger partial charge in [0.2, 0.25) is 5.91 Å². The number of thioether (sulfide) groups is 1. The van der Waals surface area contributed by atoms with Crippen molar-refractivity contribution >= 4 is 45.8 Å². The van der Waals surface area contributed by atoms with Crippen LogP contribution in [0.5, 0.6) is 0 Å². The second kappa shape index (κ2) is 7.16. The van der Waals surface area contributed by atoms with Gasteiger partial charge in [-0.1, -0.05) is 17.7 Å². The molecule has 2 aliphatic rings. The predicted octanol–water partition coefficient (Wildman–Crippen LogP) is 3.69. The maximum atomic E-state index is 12.5. The molecular weight excluding hydrogens is 382 g/mol. The van der Waals surface area contributed by atoms with Crippen molar-refractivity contribution in [2.75, 3.05) is 11.1 Å². The summed E-state index contributed by atoms with van der Waals surface area (Å²) in [6, 6.07) is 7.58. The second-order valence-corrected chi connectivity index (χ2v) is 9.37.